The molecule has 1 fully saturated rings. The molecule has 8 heteroatoms. The molecule has 0 radical (unpaired) electrons. The lowest BCUT2D eigenvalue weighted by atomic mass is 10.1. The minimum atomic E-state index is -3.42. The molecule has 1 aliphatic heterocycles. The zero-order valence-corrected chi connectivity index (χ0v) is 13.9. The number of likely N-dealkylation sites (tertiary alicyclic amines) is 1. The lowest BCUT2D eigenvalue weighted by Gasteiger charge is -2.15. The third-order valence-corrected chi connectivity index (χ3v) is 5.50. The van der Waals surface area contributed by atoms with E-state index in [9.17, 15) is 8.42 Å². The van der Waals surface area contributed by atoms with Gasteiger partial charge in [-0.3, -0.25) is 5.10 Å². The van der Waals surface area contributed by atoms with Crippen LogP contribution in [0.3, 0.4) is 0 Å². The third-order valence-electron chi connectivity index (χ3n) is 4.03. The topological polar surface area (TPSA) is 91.0 Å². The third kappa shape index (κ3) is 3.95. The van der Waals surface area contributed by atoms with Crippen molar-refractivity contribution >= 4 is 10.0 Å². The van der Waals surface area contributed by atoms with Crippen molar-refractivity contribution in [2.45, 2.75) is 24.2 Å². The second-order valence-corrected chi connectivity index (χ2v) is 7.54. The second-order valence-electron chi connectivity index (χ2n) is 5.78. The Morgan fingerprint density at radius 2 is 2.13 bits per heavy atom. The van der Waals surface area contributed by atoms with Crippen LogP contribution < -0.4 is 4.72 Å². The maximum Gasteiger partial charge on any atom is 0.240 e. The number of aromatic amines is 1. The van der Waals surface area contributed by atoms with E-state index < -0.39 is 10.0 Å². The fourth-order valence-corrected chi connectivity index (χ4v) is 3.85. The van der Waals surface area contributed by atoms with Gasteiger partial charge in [0.2, 0.25) is 10.0 Å². The van der Waals surface area contributed by atoms with Crippen LogP contribution in [0.2, 0.25) is 0 Å². The number of sulfonamides is 1. The first kappa shape index (κ1) is 16.1. The summed E-state index contributed by atoms with van der Waals surface area (Å²) < 4.78 is 26.9. The average molecular weight is 335 g/mol. The van der Waals surface area contributed by atoms with Gasteiger partial charge in [0.05, 0.1) is 4.90 Å². The van der Waals surface area contributed by atoms with Crippen LogP contribution in [0.5, 0.6) is 0 Å². The van der Waals surface area contributed by atoms with E-state index in [0.29, 0.717) is 23.9 Å². The number of hydrogen-bond acceptors (Lipinski definition) is 5. The standard InChI is InChI=1S/C15H21N5O2S/c1-12-17-15(19-18-12)13-7-9-20(11-13)10-8-16-23(21,22)14-5-3-2-4-6-14/h2-6,13,16H,7-11H2,1H3,(H,17,18,19). The van der Waals surface area contributed by atoms with Gasteiger partial charge in [0.25, 0.3) is 0 Å². The molecule has 2 aromatic rings. The Morgan fingerprint density at radius 3 is 2.83 bits per heavy atom. The molecule has 1 saturated heterocycles. The van der Waals surface area contributed by atoms with Crippen LogP contribution in [0.15, 0.2) is 35.2 Å². The fraction of sp³-hybridized carbons (Fsp3) is 0.467. The molecule has 23 heavy (non-hydrogen) atoms. The Balaban J connectivity index is 1.48. The van der Waals surface area contributed by atoms with Gasteiger partial charge in [-0.25, -0.2) is 18.1 Å². The molecule has 1 atom stereocenters. The largest absolute Gasteiger partial charge is 0.301 e. The van der Waals surface area contributed by atoms with Crippen molar-refractivity contribution in [1.29, 1.82) is 0 Å². The second kappa shape index (κ2) is 6.77. The van der Waals surface area contributed by atoms with Crippen LogP contribution in [-0.4, -0.2) is 54.7 Å². The summed E-state index contributed by atoms with van der Waals surface area (Å²) in [6, 6.07) is 8.44. The lowest BCUT2D eigenvalue weighted by Crippen LogP contribution is -2.33. The number of hydrogen-bond donors (Lipinski definition) is 2. The maximum atomic E-state index is 12.1. The van der Waals surface area contributed by atoms with E-state index in [4.69, 9.17) is 0 Å². The predicted molar refractivity (Wildman–Crippen MR) is 86.5 cm³/mol. The SMILES string of the molecule is Cc1nc(C2CCN(CCNS(=O)(=O)c3ccccc3)C2)n[nH]1. The first-order chi connectivity index (χ1) is 11.0. The molecule has 0 saturated carbocycles. The van der Waals surface area contributed by atoms with E-state index in [1.807, 2.05) is 6.92 Å². The molecule has 1 aromatic heterocycles. The minimum Gasteiger partial charge on any atom is -0.301 e. The highest BCUT2D eigenvalue weighted by Gasteiger charge is 2.26. The van der Waals surface area contributed by atoms with Crippen LogP contribution in [0.4, 0.5) is 0 Å². The molecule has 1 aromatic carbocycles. The van der Waals surface area contributed by atoms with Gasteiger partial charge in [-0.1, -0.05) is 18.2 Å². The highest BCUT2D eigenvalue weighted by Crippen LogP contribution is 2.23. The number of nitrogens with one attached hydrogen (secondary N) is 2. The highest BCUT2D eigenvalue weighted by atomic mass is 32.2. The van der Waals surface area contributed by atoms with Gasteiger partial charge < -0.3 is 4.90 Å². The number of benzene rings is 1. The Kier molecular flexibility index (Phi) is 4.74. The quantitative estimate of drug-likeness (QED) is 0.818. The van der Waals surface area contributed by atoms with E-state index in [0.717, 1.165) is 31.2 Å². The molecule has 1 unspecified atom stereocenters. The van der Waals surface area contributed by atoms with Crippen molar-refractivity contribution in [2.24, 2.45) is 0 Å². The highest BCUT2D eigenvalue weighted by molar-refractivity contribution is 7.89. The monoisotopic (exact) mass is 335 g/mol. The van der Waals surface area contributed by atoms with E-state index in [2.05, 4.69) is 24.8 Å². The first-order valence-electron chi connectivity index (χ1n) is 7.70. The Labute approximate surface area is 136 Å². The number of aromatic nitrogens is 3. The number of rotatable bonds is 6. The van der Waals surface area contributed by atoms with Gasteiger partial charge in [0.15, 0.2) is 5.82 Å². The molecule has 0 spiro atoms. The summed E-state index contributed by atoms with van der Waals surface area (Å²) in [7, 11) is -3.42. The van der Waals surface area contributed by atoms with Gasteiger partial charge in [-0.15, -0.1) is 0 Å². The molecule has 0 aliphatic carbocycles. The van der Waals surface area contributed by atoms with Crippen LogP contribution >= 0.6 is 0 Å². The summed E-state index contributed by atoms with van der Waals surface area (Å²) in [5.74, 6) is 2.01. The zero-order valence-electron chi connectivity index (χ0n) is 13.1. The molecule has 7 nitrogen and oxygen atoms in total. The summed E-state index contributed by atoms with van der Waals surface area (Å²) in [6.45, 7) is 4.78. The predicted octanol–water partition coefficient (Wildman–Crippen LogP) is 0.881. The molecule has 0 amide bonds. The van der Waals surface area contributed by atoms with E-state index in [1.165, 1.54) is 0 Å². The van der Waals surface area contributed by atoms with E-state index in [-0.39, 0.29) is 0 Å². The summed E-state index contributed by atoms with van der Waals surface area (Å²) in [6.07, 6.45) is 1.00. The smallest absolute Gasteiger partial charge is 0.240 e. The molecule has 2 heterocycles. The van der Waals surface area contributed by atoms with Crippen LogP contribution in [0.1, 0.15) is 24.0 Å². The molecule has 2 N–H and O–H groups in total. The van der Waals surface area contributed by atoms with Crippen molar-refractivity contribution in [3.63, 3.8) is 0 Å². The number of H-pyrrole nitrogens is 1. The van der Waals surface area contributed by atoms with Gasteiger partial charge >= 0.3 is 0 Å². The van der Waals surface area contributed by atoms with Crippen molar-refractivity contribution in [1.82, 2.24) is 24.8 Å². The fourth-order valence-electron chi connectivity index (χ4n) is 2.81. The van der Waals surface area contributed by atoms with E-state index in [1.54, 1.807) is 30.3 Å². The van der Waals surface area contributed by atoms with Crippen molar-refractivity contribution in [3.05, 3.63) is 42.0 Å². The van der Waals surface area contributed by atoms with Crippen molar-refractivity contribution < 1.29 is 8.42 Å². The Morgan fingerprint density at radius 1 is 1.35 bits per heavy atom. The summed E-state index contributed by atoms with van der Waals surface area (Å²) in [5.41, 5.74) is 0. The van der Waals surface area contributed by atoms with Gasteiger partial charge in [0, 0.05) is 25.6 Å². The summed E-state index contributed by atoms with van der Waals surface area (Å²) in [5, 5.41) is 7.09. The van der Waals surface area contributed by atoms with Gasteiger partial charge in [-0.2, -0.15) is 5.10 Å². The van der Waals surface area contributed by atoms with Gasteiger partial charge in [-0.05, 0) is 32.0 Å². The number of nitrogens with zero attached hydrogens (tertiary/aromatic N) is 3. The van der Waals surface area contributed by atoms with E-state index >= 15 is 0 Å². The maximum absolute atomic E-state index is 12.1. The van der Waals surface area contributed by atoms with Crippen molar-refractivity contribution in [2.75, 3.05) is 26.2 Å². The number of aryl methyl sites for hydroxylation is 1. The Hall–Kier alpha value is -1.77. The summed E-state index contributed by atoms with van der Waals surface area (Å²) in [4.78, 5) is 6.92. The van der Waals surface area contributed by atoms with Crippen molar-refractivity contribution in [3.8, 4) is 0 Å². The molecule has 124 valence electrons. The van der Waals surface area contributed by atoms with Crippen LogP contribution in [0, 0.1) is 6.92 Å². The average Bonchev–Trinajstić information content (AvgIpc) is 3.17. The zero-order chi connectivity index (χ0) is 16.3. The molecule has 3 rings (SSSR count). The van der Waals surface area contributed by atoms with Crippen LogP contribution in [-0.2, 0) is 10.0 Å². The molecule has 1 aliphatic rings. The lowest BCUT2D eigenvalue weighted by molar-refractivity contribution is 0.338. The first-order valence-corrected chi connectivity index (χ1v) is 9.19. The molecular weight excluding hydrogens is 314 g/mol. The normalized spacial score (nSPS) is 19.3. The molecular formula is C15H21N5O2S. The van der Waals surface area contributed by atoms with Gasteiger partial charge in [0.1, 0.15) is 5.82 Å². The Bertz CT molecular complexity index is 744. The van der Waals surface area contributed by atoms with Crippen LogP contribution in [0.25, 0.3) is 0 Å². The summed E-state index contributed by atoms with van der Waals surface area (Å²) >= 11 is 0. The molecule has 0 bridgehead atoms. The minimum absolute atomic E-state index is 0.301.